The summed E-state index contributed by atoms with van der Waals surface area (Å²) in [7, 11) is 0. The van der Waals surface area contributed by atoms with E-state index in [2.05, 4.69) is 9.72 Å². The zero-order valence-electron chi connectivity index (χ0n) is 12.6. The Labute approximate surface area is 130 Å². The van der Waals surface area contributed by atoms with Crippen molar-refractivity contribution in [3.05, 3.63) is 40.4 Å². The third kappa shape index (κ3) is 2.71. The molecule has 1 aliphatic rings. The summed E-state index contributed by atoms with van der Waals surface area (Å²) < 4.78 is 33.8. The molecule has 0 saturated carbocycles. The average molecular weight is 322 g/mol. The van der Waals surface area contributed by atoms with E-state index in [0.717, 1.165) is 0 Å². The van der Waals surface area contributed by atoms with Crippen LogP contribution in [0.15, 0.2) is 29.1 Å². The summed E-state index contributed by atoms with van der Waals surface area (Å²) >= 11 is 0. The van der Waals surface area contributed by atoms with E-state index in [1.807, 2.05) is 0 Å². The standard InChI is InChI=1S/C16H16F2N2O3/c1-2-23-15(22)16(17,18)9-10-7-8-20-13(10)19-12-6-4-3-5-11(12)14(20)21/h3-6,10H,2,7-9H2,1H3. The van der Waals surface area contributed by atoms with Gasteiger partial charge in [0.15, 0.2) is 0 Å². The van der Waals surface area contributed by atoms with Gasteiger partial charge in [0.25, 0.3) is 5.56 Å². The van der Waals surface area contributed by atoms with Gasteiger partial charge < -0.3 is 4.74 Å². The highest BCUT2D eigenvalue weighted by atomic mass is 19.3. The minimum atomic E-state index is -3.58. The lowest BCUT2D eigenvalue weighted by molar-refractivity contribution is -0.173. The number of carbonyl (C=O) groups excluding carboxylic acids is 1. The van der Waals surface area contributed by atoms with E-state index in [1.165, 1.54) is 11.5 Å². The van der Waals surface area contributed by atoms with Crippen LogP contribution in [-0.4, -0.2) is 28.0 Å². The first-order valence-corrected chi connectivity index (χ1v) is 7.48. The molecule has 2 aromatic rings. The van der Waals surface area contributed by atoms with Gasteiger partial charge in [0.2, 0.25) is 0 Å². The van der Waals surface area contributed by atoms with Crippen molar-refractivity contribution >= 4 is 16.9 Å². The van der Waals surface area contributed by atoms with Crippen LogP contribution in [0.4, 0.5) is 8.78 Å². The van der Waals surface area contributed by atoms with Crippen molar-refractivity contribution in [2.75, 3.05) is 6.61 Å². The van der Waals surface area contributed by atoms with Gasteiger partial charge in [0, 0.05) is 18.9 Å². The highest BCUT2D eigenvalue weighted by Crippen LogP contribution is 2.36. The number of esters is 1. The summed E-state index contributed by atoms with van der Waals surface area (Å²) in [5, 5.41) is 0.467. The van der Waals surface area contributed by atoms with Gasteiger partial charge in [-0.1, -0.05) is 12.1 Å². The number of para-hydroxylation sites is 1. The van der Waals surface area contributed by atoms with Crippen LogP contribution in [0.3, 0.4) is 0 Å². The maximum absolute atomic E-state index is 14.0. The summed E-state index contributed by atoms with van der Waals surface area (Å²) in [6, 6.07) is 6.82. The Kier molecular flexibility index (Phi) is 3.87. The Hall–Kier alpha value is -2.31. The average Bonchev–Trinajstić information content (AvgIpc) is 2.90. The number of nitrogens with zero attached hydrogens (tertiary/aromatic N) is 2. The van der Waals surface area contributed by atoms with Crippen LogP contribution in [0.5, 0.6) is 0 Å². The molecule has 2 heterocycles. The molecule has 0 aliphatic carbocycles. The molecule has 3 rings (SSSR count). The number of carbonyl (C=O) groups is 1. The minimum absolute atomic E-state index is 0.0992. The number of hydrogen-bond acceptors (Lipinski definition) is 4. The Morgan fingerprint density at radius 2 is 2.17 bits per heavy atom. The third-order valence-corrected chi connectivity index (χ3v) is 4.03. The Morgan fingerprint density at radius 3 is 2.91 bits per heavy atom. The zero-order valence-corrected chi connectivity index (χ0v) is 12.6. The van der Waals surface area contributed by atoms with Crippen molar-refractivity contribution < 1.29 is 18.3 Å². The molecule has 0 spiro atoms. The first-order valence-electron chi connectivity index (χ1n) is 7.48. The fraction of sp³-hybridized carbons (Fsp3) is 0.438. The summed E-state index contributed by atoms with van der Waals surface area (Å²) in [5.41, 5.74) is 0.252. The first kappa shape index (κ1) is 15.6. The van der Waals surface area contributed by atoms with Gasteiger partial charge in [0.1, 0.15) is 5.82 Å². The first-order chi connectivity index (χ1) is 10.9. The molecule has 122 valence electrons. The molecule has 1 unspecified atom stereocenters. The predicted octanol–water partition coefficient (Wildman–Crippen LogP) is 2.47. The molecule has 1 atom stereocenters. The fourth-order valence-corrected chi connectivity index (χ4v) is 2.95. The zero-order chi connectivity index (χ0) is 16.6. The number of halogens is 2. The van der Waals surface area contributed by atoms with E-state index in [0.29, 0.717) is 29.7 Å². The predicted molar refractivity (Wildman–Crippen MR) is 79.6 cm³/mol. The molecule has 5 nitrogen and oxygen atoms in total. The van der Waals surface area contributed by atoms with Crippen molar-refractivity contribution in [2.45, 2.75) is 38.2 Å². The van der Waals surface area contributed by atoms with Crippen LogP contribution in [0, 0.1) is 0 Å². The normalized spacial score (nSPS) is 17.3. The Bertz CT molecular complexity index is 817. The van der Waals surface area contributed by atoms with Crippen LogP contribution in [-0.2, 0) is 16.1 Å². The lowest BCUT2D eigenvalue weighted by Gasteiger charge is -2.18. The van der Waals surface area contributed by atoms with Gasteiger partial charge >= 0.3 is 11.9 Å². The van der Waals surface area contributed by atoms with Gasteiger partial charge in [-0.25, -0.2) is 9.78 Å². The number of alkyl halides is 2. The Balaban J connectivity index is 1.96. The summed E-state index contributed by atoms with van der Waals surface area (Å²) in [5.74, 6) is -5.44. The molecule has 1 aliphatic heterocycles. The van der Waals surface area contributed by atoms with Crippen molar-refractivity contribution in [3.8, 4) is 0 Å². The molecule has 1 aromatic heterocycles. The maximum atomic E-state index is 14.0. The number of benzene rings is 1. The number of hydrogen-bond donors (Lipinski definition) is 0. The third-order valence-electron chi connectivity index (χ3n) is 4.03. The summed E-state index contributed by atoms with van der Waals surface area (Å²) in [4.78, 5) is 28.2. The van der Waals surface area contributed by atoms with Crippen molar-refractivity contribution in [1.29, 1.82) is 0 Å². The van der Waals surface area contributed by atoms with E-state index < -0.39 is 24.2 Å². The second-order valence-corrected chi connectivity index (χ2v) is 5.56. The molecule has 0 saturated heterocycles. The maximum Gasteiger partial charge on any atom is 0.376 e. The molecule has 0 radical (unpaired) electrons. The van der Waals surface area contributed by atoms with E-state index in [9.17, 15) is 18.4 Å². The highest BCUT2D eigenvalue weighted by Gasteiger charge is 2.45. The molecule has 7 heteroatoms. The fourth-order valence-electron chi connectivity index (χ4n) is 2.95. The quantitative estimate of drug-likeness (QED) is 0.811. The molecular formula is C16H16F2N2O3. The smallest absolute Gasteiger partial charge is 0.376 e. The topological polar surface area (TPSA) is 61.2 Å². The van der Waals surface area contributed by atoms with Gasteiger partial charge in [-0.3, -0.25) is 9.36 Å². The van der Waals surface area contributed by atoms with Crippen LogP contribution in [0.1, 0.15) is 31.5 Å². The van der Waals surface area contributed by atoms with Crippen LogP contribution in [0.25, 0.3) is 10.9 Å². The lowest BCUT2D eigenvalue weighted by atomic mass is 9.98. The minimum Gasteiger partial charge on any atom is -0.462 e. The lowest BCUT2D eigenvalue weighted by Crippen LogP contribution is -2.33. The molecule has 0 amide bonds. The van der Waals surface area contributed by atoms with Crippen LogP contribution < -0.4 is 5.56 Å². The van der Waals surface area contributed by atoms with Gasteiger partial charge in [0.05, 0.1) is 17.5 Å². The number of ether oxygens (including phenoxy) is 1. The number of rotatable bonds is 4. The largest absolute Gasteiger partial charge is 0.462 e. The van der Waals surface area contributed by atoms with E-state index in [1.54, 1.807) is 24.3 Å². The number of aromatic nitrogens is 2. The van der Waals surface area contributed by atoms with Crippen LogP contribution in [0.2, 0.25) is 0 Å². The van der Waals surface area contributed by atoms with Crippen molar-refractivity contribution in [2.24, 2.45) is 0 Å². The molecule has 1 aromatic carbocycles. The van der Waals surface area contributed by atoms with Crippen molar-refractivity contribution in [3.63, 3.8) is 0 Å². The number of fused-ring (bicyclic) bond motifs is 2. The monoisotopic (exact) mass is 322 g/mol. The summed E-state index contributed by atoms with van der Waals surface area (Å²) in [6.45, 7) is 1.71. The van der Waals surface area contributed by atoms with E-state index >= 15 is 0 Å². The molecule has 0 fully saturated rings. The molecule has 23 heavy (non-hydrogen) atoms. The van der Waals surface area contributed by atoms with Gasteiger partial charge in [-0.05, 0) is 25.5 Å². The molecule has 0 bridgehead atoms. The van der Waals surface area contributed by atoms with Gasteiger partial charge in [-0.2, -0.15) is 8.78 Å². The van der Waals surface area contributed by atoms with E-state index in [4.69, 9.17) is 0 Å². The molecule has 0 N–H and O–H groups in total. The molecular weight excluding hydrogens is 306 g/mol. The Morgan fingerprint density at radius 1 is 1.43 bits per heavy atom. The van der Waals surface area contributed by atoms with E-state index in [-0.39, 0.29) is 12.2 Å². The summed E-state index contributed by atoms with van der Waals surface area (Å²) in [6.07, 6.45) is -0.343. The highest BCUT2D eigenvalue weighted by molar-refractivity contribution is 5.78. The van der Waals surface area contributed by atoms with Gasteiger partial charge in [-0.15, -0.1) is 0 Å². The SMILES string of the molecule is CCOC(=O)C(F)(F)CC1CCn2c1nc1ccccc1c2=O. The second-order valence-electron chi connectivity index (χ2n) is 5.56. The van der Waals surface area contributed by atoms with Crippen LogP contribution >= 0.6 is 0 Å². The second kappa shape index (κ2) is 5.72. The van der Waals surface area contributed by atoms with Crippen molar-refractivity contribution in [1.82, 2.24) is 9.55 Å².